The van der Waals surface area contributed by atoms with Crippen molar-refractivity contribution in [1.82, 2.24) is 4.98 Å². The topological polar surface area (TPSA) is 62.2 Å². The van der Waals surface area contributed by atoms with Gasteiger partial charge < -0.3 is 10.4 Å². The van der Waals surface area contributed by atoms with Gasteiger partial charge >= 0.3 is 12.1 Å². The Balaban J connectivity index is 0.00000242. The number of alkyl halides is 3. The van der Waals surface area contributed by atoms with E-state index in [1.165, 1.54) is 0 Å². The number of carbonyl (C=O) groups is 1. The average Bonchev–Trinajstić information content (AvgIpc) is 2.87. The Hall–Kier alpha value is -1.09. The van der Waals surface area contributed by atoms with E-state index >= 15 is 0 Å². The van der Waals surface area contributed by atoms with Gasteiger partial charge in [0.05, 0.1) is 5.92 Å². The number of rotatable bonds is 4. The van der Waals surface area contributed by atoms with Gasteiger partial charge in [-0.2, -0.15) is 13.2 Å². The van der Waals surface area contributed by atoms with Crippen LogP contribution in [0.15, 0.2) is 29.6 Å². The fourth-order valence-electron chi connectivity index (χ4n) is 1.58. The summed E-state index contributed by atoms with van der Waals surface area (Å²) < 4.78 is 37.3. The first-order chi connectivity index (χ1) is 9.77. The third-order valence-corrected chi connectivity index (χ3v) is 3.58. The molecule has 2 aromatic rings. The molecule has 1 aromatic heterocycles. The molecule has 0 amide bonds. The molecule has 1 atom stereocenters. The summed E-state index contributed by atoms with van der Waals surface area (Å²) in [5.74, 6) is -1.58. The van der Waals surface area contributed by atoms with E-state index in [2.05, 4.69) is 10.3 Å². The van der Waals surface area contributed by atoms with Crippen molar-refractivity contribution in [2.75, 3.05) is 5.32 Å². The summed E-state index contributed by atoms with van der Waals surface area (Å²) in [5, 5.41) is 12.7. The molecule has 0 fully saturated rings. The van der Waals surface area contributed by atoms with Gasteiger partial charge in [-0.1, -0.05) is 12.1 Å². The maximum absolute atomic E-state index is 12.4. The van der Waals surface area contributed by atoms with Crippen LogP contribution < -0.4 is 5.32 Å². The van der Waals surface area contributed by atoms with Crippen LogP contribution >= 0.6 is 11.3 Å². The van der Waals surface area contributed by atoms with Gasteiger partial charge in [-0.05, 0) is 24.6 Å². The minimum absolute atomic E-state index is 0. The Morgan fingerprint density at radius 1 is 1.32 bits per heavy atom. The number of carboxylic acid groups (broad SMARTS) is 1. The fraction of sp³-hybridized carbons (Fsp3) is 0.231. The number of anilines is 2. The molecule has 0 saturated heterocycles. The van der Waals surface area contributed by atoms with Gasteiger partial charge in [-0.25, -0.2) is 4.98 Å². The molecule has 2 N–H and O–H groups in total. The molecule has 22 heavy (non-hydrogen) atoms. The maximum atomic E-state index is 12.4. The molecule has 0 aliphatic rings. The van der Waals surface area contributed by atoms with Gasteiger partial charge in [0, 0.05) is 40.6 Å². The summed E-state index contributed by atoms with van der Waals surface area (Å²) in [6, 6.07) is 6.42. The van der Waals surface area contributed by atoms with Gasteiger partial charge in [0.25, 0.3) is 0 Å². The smallest absolute Gasteiger partial charge is 0.434 e. The Morgan fingerprint density at radius 3 is 2.36 bits per heavy atom. The van der Waals surface area contributed by atoms with Crippen LogP contribution in [0.3, 0.4) is 0 Å². The zero-order chi connectivity index (χ0) is 15.6. The van der Waals surface area contributed by atoms with Crippen LogP contribution in [0.2, 0.25) is 0 Å². The van der Waals surface area contributed by atoms with E-state index < -0.39 is 23.8 Å². The van der Waals surface area contributed by atoms with Crippen molar-refractivity contribution in [2.24, 2.45) is 0 Å². The summed E-state index contributed by atoms with van der Waals surface area (Å²) in [6.45, 7) is 1.56. The quantitative estimate of drug-likeness (QED) is 0.834. The van der Waals surface area contributed by atoms with E-state index in [1.54, 1.807) is 31.2 Å². The molecule has 0 aliphatic carbocycles. The molecular weight excluding hydrogens is 328 g/mol. The molecule has 0 aliphatic heterocycles. The molecule has 1 aromatic carbocycles. The first-order valence-electron chi connectivity index (χ1n) is 5.90. The van der Waals surface area contributed by atoms with Gasteiger partial charge in [-0.15, -0.1) is 11.3 Å². The second-order valence-electron chi connectivity index (χ2n) is 4.34. The predicted octanol–water partition coefficient (Wildman–Crippen LogP) is 3.71. The van der Waals surface area contributed by atoms with E-state index in [1.807, 2.05) is 0 Å². The minimum atomic E-state index is -4.46. The number of hydrogen-bond donors (Lipinski definition) is 2. The number of halogens is 3. The van der Waals surface area contributed by atoms with Crippen LogP contribution in [0.4, 0.5) is 24.0 Å². The summed E-state index contributed by atoms with van der Waals surface area (Å²) >= 11 is 0.850. The Labute approximate surface area is 150 Å². The number of nitrogens with one attached hydrogen (secondary N) is 1. The third kappa shape index (κ3) is 4.70. The zero-order valence-electron chi connectivity index (χ0n) is 11.8. The average molecular weight is 339 g/mol. The van der Waals surface area contributed by atoms with Crippen LogP contribution in [0.25, 0.3) is 0 Å². The van der Waals surface area contributed by atoms with Gasteiger partial charge in [-0.3, -0.25) is 4.79 Å². The molecular formula is C13H11F3N2NaO2S. The molecule has 2 rings (SSSR count). The van der Waals surface area contributed by atoms with Crippen LogP contribution in [-0.2, 0) is 11.0 Å². The summed E-state index contributed by atoms with van der Waals surface area (Å²) in [7, 11) is 0. The SMILES string of the molecule is C[C@H](C(=O)O)c1ccc(Nc2nc(C(F)(F)F)cs2)cc1.[Na]. The van der Waals surface area contributed by atoms with E-state index in [0.717, 1.165) is 16.7 Å². The maximum Gasteiger partial charge on any atom is 0.434 e. The van der Waals surface area contributed by atoms with Gasteiger partial charge in [0.15, 0.2) is 10.8 Å². The van der Waals surface area contributed by atoms with E-state index in [9.17, 15) is 18.0 Å². The first-order valence-corrected chi connectivity index (χ1v) is 6.78. The van der Waals surface area contributed by atoms with E-state index in [4.69, 9.17) is 5.11 Å². The monoisotopic (exact) mass is 339 g/mol. The molecule has 0 unspecified atom stereocenters. The van der Waals surface area contributed by atoms with Crippen molar-refractivity contribution in [2.45, 2.75) is 19.0 Å². The number of hydrogen-bond acceptors (Lipinski definition) is 4. The molecule has 1 radical (unpaired) electrons. The molecule has 0 bridgehead atoms. The van der Waals surface area contributed by atoms with E-state index in [0.29, 0.717) is 11.3 Å². The molecule has 1 heterocycles. The minimum Gasteiger partial charge on any atom is -0.481 e. The van der Waals surface area contributed by atoms with Crippen LogP contribution in [0.1, 0.15) is 24.1 Å². The Kier molecular flexibility index (Phi) is 6.42. The number of carboxylic acids is 1. The normalized spacial score (nSPS) is 12.4. The largest absolute Gasteiger partial charge is 0.481 e. The van der Waals surface area contributed by atoms with Crippen molar-refractivity contribution in [1.29, 1.82) is 0 Å². The van der Waals surface area contributed by atoms with Crippen molar-refractivity contribution in [3.05, 3.63) is 40.9 Å². The van der Waals surface area contributed by atoms with Crippen LogP contribution in [-0.4, -0.2) is 45.6 Å². The molecule has 0 saturated carbocycles. The summed E-state index contributed by atoms with van der Waals surface area (Å²) in [4.78, 5) is 14.3. The number of aliphatic carboxylic acids is 1. The molecule has 9 heteroatoms. The molecule has 113 valence electrons. The predicted molar refractivity (Wildman–Crippen MR) is 78.6 cm³/mol. The second kappa shape index (κ2) is 7.45. The standard InChI is InChI=1S/C13H11F3N2O2S.Na/c1-7(11(19)20)8-2-4-9(5-3-8)17-12-18-10(6-21-12)13(14,15)16;/h2-7H,1H3,(H,17,18)(H,19,20);/t7-;/m0./s1. The van der Waals surface area contributed by atoms with Crippen molar-refractivity contribution in [3.63, 3.8) is 0 Å². The Bertz CT molecular complexity index is 643. The van der Waals surface area contributed by atoms with Gasteiger partial charge in [0.1, 0.15) is 0 Å². The van der Waals surface area contributed by atoms with Crippen LogP contribution in [0.5, 0.6) is 0 Å². The molecule has 4 nitrogen and oxygen atoms in total. The van der Waals surface area contributed by atoms with E-state index in [-0.39, 0.29) is 34.7 Å². The van der Waals surface area contributed by atoms with Crippen molar-refractivity contribution in [3.8, 4) is 0 Å². The summed E-state index contributed by atoms with van der Waals surface area (Å²) in [6.07, 6.45) is -4.46. The number of thiazole rings is 1. The van der Waals surface area contributed by atoms with Crippen LogP contribution in [0, 0.1) is 0 Å². The summed E-state index contributed by atoms with van der Waals surface area (Å²) in [5.41, 5.74) is 0.216. The third-order valence-electron chi connectivity index (χ3n) is 2.83. The first kappa shape index (κ1) is 19.0. The number of benzene rings is 1. The number of nitrogens with zero attached hydrogens (tertiary/aromatic N) is 1. The Morgan fingerprint density at radius 2 is 1.91 bits per heavy atom. The van der Waals surface area contributed by atoms with Crippen molar-refractivity contribution >= 4 is 57.7 Å². The fourth-order valence-corrected chi connectivity index (χ4v) is 2.32. The molecule has 0 spiro atoms. The van der Waals surface area contributed by atoms with Crippen molar-refractivity contribution < 1.29 is 23.1 Å². The zero-order valence-corrected chi connectivity index (χ0v) is 14.6. The van der Waals surface area contributed by atoms with Gasteiger partial charge in [0.2, 0.25) is 0 Å². The number of aromatic nitrogens is 1. The second-order valence-corrected chi connectivity index (χ2v) is 5.20.